The smallest absolute Gasteiger partial charge is 0.170 e. The third-order valence-corrected chi connectivity index (χ3v) is 2.73. The molecule has 0 aliphatic carbocycles. The van der Waals surface area contributed by atoms with Crippen LogP contribution in [0.15, 0.2) is 30.6 Å². The van der Waals surface area contributed by atoms with E-state index in [1.807, 2.05) is 7.05 Å². The number of imidazole rings is 1. The number of aromatic nitrogens is 2. The van der Waals surface area contributed by atoms with Crippen LogP contribution in [0.2, 0.25) is 0 Å². The van der Waals surface area contributed by atoms with Crippen molar-refractivity contribution in [3.8, 4) is 0 Å². The SMILES string of the molecule is Cc1ccc(C(=O)Cc2nccn2C)cc1F. The van der Waals surface area contributed by atoms with Gasteiger partial charge in [-0.3, -0.25) is 4.79 Å². The van der Waals surface area contributed by atoms with Gasteiger partial charge < -0.3 is 4.57 Å². The number of hydrogen-bond donors (Lipinski definition) is 0. The Kier molecular flexibility index (Phi) is 3.04. The van der Waals surface area contributed by atoms with E-state index >= 15 is 0 Å². The van der Waals surface area contributed by atoms with Crippen molar-refractivity contribution in [1.82, 2.24) is 9.55 Å². The Morgan fingerprint density at radius 3 is 2.82 bits per heavy atom. The number of nitrogens with zero attached hydrogens (tertiary/aromatic N) is 2. The van der Waals surface area contributed by atoms with E-state index in [9.17, 15) is 9.18 Å². The zero-order valence-corrected chi connectivity index (χ0v) is 9.77. The van der Waals surface area contributed by atoms with Crippen molar-refractivity contribution in [1.29, 1.82) is 0 Å². The standard InChI is InChI=1S/C13H13FN2O/c1-9-3-4-10(7-11(9)14)12(17)8-13-15-5-6-16(13)2/h3-7H,8H2,1-2H3. The lowest BCUT2D eigenvalue weighted by Gasteiger charge is -2.03. The van der Waals surface area contributed by atoms with Gasteiger partial charge in [-0.2, -0.15) is 0 Å². The molecule has 2 rings (SSSR count). The fraction of sp³-hybridized carbons (Fsp3) is 0.231. The second-order valence-corrected chi connectivity index (χ2v) is 4.02. The number of hydrogen-bond acceptors (Lipinski definition) is 2. The number of rotatable bonds is 3. The number of halogens is 1. The Morgan fingerprint density at radius 1 is 1.47 bits per heavy atom. The van der Waals surface area contributed by atoms with Crippen molar-refractivity contribution in [3.63, 3.8) is 0 Å². The van der Waals surface area contributed by atoms with Crippen LogP contribution >= 0.6 is 0 Å². The van der Waals surface area contributed by atoms with E-state index in [4.69, 9.17) is 0 Å². The van der Waals surface area contributed by atoms with Crippen LogP contribution in [0.25, 0.3) is 0 Å². The molecule has 17 heavy (non-hydrogen) atoms. The molecule has 1 aromatic carbocycles. The summed E-state index contributed by atoms with van der Waals surface area (Å²) in [7, 11) is 1.82. The summed E-state index contributed by atoms with van der Waals surface area (Å²) in [5, 5.41) is 0. The first-order valence-corrected chi connectivity index (χ1v) is 5.33. The van der Waals surface area contributed by atoms with Crippen LogP contribution in [-0.2, 0) is 13.5 Å². The first-order chi connectivity index (χ1) is 8.08. The molecule has 0 unspecified atom stereocenters. The minimum atomic E-state index is -0.351. The molecular weight excluding hydrogens is 219 g/mol. The molecule has 0 saturated heterocycles. The Morgan fingerprint density at radius 2 is 2.24 bits per heavy atom. The third-order valence-electron chi connectivity index (χ3n) is 2.73. The summed E-state index contributed by atoms with van der Waals surface area (Å²) in [6.45, 7) is 1.67. The molecule has 3 nitrogen and oxygen atoms in total. The zero-order chi connectivity index (χ0) is 12.4. The van der Waals surface area contributed by atoms with Crippen LogP contribution < -0.4 is 0 Å². The summed E-state index contributed by atoms with van der Waals surface area (Å²) in [5.74, 6) is 0.199. The Labute approximate surface area is 98.9 Å². The lowest BCUT2D eigenvalue weighted by atomic mass is 10.1. The van der Waals surface area contributed by atoms with E-state index in [0.717, 1.165) is 0 Å². The van der Waals surface area contributed by atoms with Crippen molar-refractivity contribution >= 4 is 5.78 Å². The van der Waals surface area contributed by atoms with E-state index in [1.54, 1.807) is 36.0 Å². The fourth-order valence-corrected chi connectivity index (χ4v) is 1.58. The van der Waals surface area contributed by atoms with Gasteiger partial charge in [0.1, 0.15) is 11.6 Å². The lowest BCUT2D eigenvalue weighted by molar-refractivity contribution is 0.0989. The predicted octanol–water partition coefficient (Wildman–Crippen LogP) is 2.29. The summed E-state index contributed by atoms with van der Waals surface area (Å²) in [5.41, 5.74) is 0.926. The highest BCUT2D eigenvalue weighted by atomic mass is 19.1. The molecule has 4 heteroatoms. The summed E-state index contributed by atoms with van der Waals surface area (Å²) < 4.78 is 15.1. The number of ketones is 1. The average Bonchev–Trinajstić information content (AvgIpc) is 2.68. The molecule has 88 valence electrons. The number of Topliss-reactive ketones (excluding diaryl/α,β-unsaturated/α-hetero) is 1. The second kappa shape index (κ2) is 4.49. The van der Waals surface area contributed by atoms with Gasteiger partial charge in [-0.15, -0.1) is 0 Å². The minimum absolute atomic E-state index is 0.127. The largest absolute Gasteiger partial charge is 0.338 e. The molecule has 0 aliphatic heterocycles. The van der Waals surface area contributed by atoms with E-state index in [1.165, 1.54) is 6.07 Å². The van der Waals surface area contributed by atoms with Gasteiger partial charge in [0, 0.05) is 25.0 Å². The number of aryl methyl sites for hydroxylation is 2. The van der Waals surface area contributed by atoms with Crippen LogP contribution in [0.3, 0.4) is 0 Å². The molecule has 0 N–H and O–H groups in total. The van der Waals surface area contributed by atoms with Crippen molar-refractivity contribution in [2.24, 2.45) is 7.05 Å². The maximum Gasteiger partial charge on any atom is 0.170 e. The minimum Gasteiger partial charge on any atom is -0.338 e. The molecule has 2 aromatic rings. The van der Waals surface area contributed by atoms with Gasteiger partial charge in [-0.25, -0.2) is 9.37 Å². The molecule has 1 aromatic heterocycles. The normalized spacial score (nSPS) is 10.5. The van der Waals surface area contributed by atoms with Crippen LogP contribution in [0.4, 0.5) is 4.39 Å². The molecule has 0 aliphatic rings. The topological polar surface area (TPSA) is 34.9 Å². The van der Waals surface area contributed by atoms with Gasteiger partial charge in [-0.1, -0.05) is 12.1 Å². The van der Waals surface area contributed by atoms with Crippen LogP contribution in [0.5, 0.6) is 0 Å². The molecule has 0 spiro atoms. The number of carbonyl (C=O) groups excluding carboxylic acids is 1. The first kappa shape index (κ1) is 11.5. The first-order valence-electron chi connectivity index (χ1n) is 5.33. The molecule has 0 radical (unpaired) electrons. The molecule has 0 amide bonds. The highest BCUT2D eigenvalue weighted by Gasteiger charge is 2.11. The van der Waals surface area contributed by atoms with Gasteiger partial charge in [0.05, 0.1) is 6.42 Å². The van der Waals surface area contributed by atoms with Crippen molar-refractivity contribution in [3.05, 3.63) is 53.4 Å². The molecule has 1 heterocycles. The average molecular weight is 232 g/mol. The van der Waals surface area contributed by atoms with Gasteiger partial charge in [0.2, 0.25) is 0 Å². The van der Waals surface area contributed by atoms with Crippen molar-refractivity contribution in [2.75, 3.05) is 0 Å². The predicted molar refractivity (Wildman–Crippen MR) is 62.4 cm³/mol. The van der Waals surface area contributed by atoms with Crippen LogP contribution in [-0.4, -0.2) is 15.3 Å². The summed E-state index contributed by atoms with van der Waals surface area (Å²) in [6, 6.07) is 4.53. The summed E-state index contributed by atoms with van der Waals surface area (Å²) in [6.07, 6.45) is 3.60. The number of benzene rings is 1. The molecule has 0 atom stereocenters. The van der Waals surface area contributed by atoms with E-state index in [2.05, 4.69) is 4.98 Å². The fourth-order valence-electron chi connectivity index (χ4n) is 1.58. The highest BCUT2D eigenvalue weighted by molar-refractivity contribution is 5.97. The van der Waals surface area contributed by atoms with Gasteiger partial charge in [0.25, 0.3) is 0 Å². The maximum atomic E-state index is 13.3. The summed E-state index contributed by atoms with van der Waals surface area (Å²) in [4.78, 5) is 16.0. The zero-order valence-electron chi connectivity index (χ0n) is 9.77. The van der Waals surface area contributed by atoms with Gasteiger partial charge in [0.15, 0.2) is 5.78 Å². The van der Waals surface area contributed by atoms with E-state index < -0.39 is 0 Å². The third kappa shape index (κ3) is 2.41. The maximum absolute atomic E-state index is 13.3. The molecular formula is C13H13FN2O. The van der Waals surface area contributed by atoms with Gasteiger partial charge >= 0.3 is 0 Å². The second-order valence-electron chi connectivity index (χ2n) is 4.02. The Bertz CT molecular complexity index is 560. The highest BCUT2D eigenvalue weighted by Crippen LogP contribution is 2.11. The number of carbonyl (C=O) groups is 1. The lowest BCUT2D eigenvalue weighted by Crippen LogP contribution is -2.08. The van der Waals surface area contributed by atoms with Gasteiger partial charge in [-0.05, 0) is 18.6 Å². The molecule has 0 saturated carbocycles. The summed E-state index contributed by atoms with van der Waals surface area (Å²) >= 11 is 0. The Hall–Kier alpha value is -1.97. The van der Waals surface area contributed by atoms with Crippen molar-refractivity contribution < 1.29 is 9.18 Å². The Balaban J connectivity index is 2.20. The quantitative estimate of drug-likeness (QED) is 0.761. The molecule has 0 bridgehead atoms. The van der Waals surface area contributed by atoms with Crippen molar-refractivity contribution in [2.45, 2.75) is 13.3 Å². The van der Waals surface area contributed by atoms with E-state index in [0.29, 0.717) is 17.0 Å². The molecule has 0 fully saturated rings. The van der Waals surface area contributed by atoms with E-state index in [-0.39, 0.29) is 18.0 Å². The monoisotopic (exact) mass is 232 g/mol. The van der Waals surface area contributed by atoms with Crippen LogP contribution in [0.1, 0.15) is 21.7 Å². The van der Waals surface area contributed by atoms with Crippen LogP contribution in [0, 0.1) is 12.7 Å².